The fourth-order valence-electron chi connectivity index (χ4n) is 3.91. The van der Waals surface area contributed by atoms with Crippen molar-refractivity contribution in [1.82, 2.24) is 5.01 Å². The number of hydrazone groups is 1. The maximum absolute atomic E-state index is 11.8. The highest BCUT2D eigenvalue weighted by Gasteiger charge is 2.27. The molecule has 7 heteroatoms. The Morgan fingerprint density at radius 1 is 0.971 bits per heavy atom. The van der Waals surface area contributed by atoms with Gasteiger partial charge in [-0.05, 0) is 31.0 Å². The van der Waals surface area contributed by atoms with Crippen LogP contribution in [0.15, 0.2) is 77.6 Å². The number of nitrogens with zero attached hydrogens (tertiary/aromatic N) is 3. The molecule has 1 aliphatic heterocycles. The van der Waals surface area contributed by atoms with E-state index in [1.165, 1.54) is 12.1 Å². The molecule has 0 aliphatic carbocycles. The van der Waals surface area contributed by atoms with Crippen LogP contribution in [0.5, 0.6) is 5.75 Å². The summed E-state index contributed by atoms with van der Waals surface area (Å²) in [6.45, 7) is 3.57. The van der Waals surface area contributed by atoms with E-state index in [9.17, 15) is 14.9 Å². The van der Waals surface area contributed by atoms with Crippen LogP contribution >= 0.6 is 0 Å². The van der Waals surface area contributed by atoms with Crippen molar-refractivity contribution in [1.29, 1.82) is 0 Å². The molecule has 1 heterocycles. The Labute approximate surface area is 198 Å². The minimum atomic E-state index is -0.423. The highest BCUT2D eigenvalue weighted by Crippen LogP contribution is 2.38. The quantitative estimate of drug-likeness (QED) is 0.283. The average molecular weight is 456 g/mol. The van der Waals surface area contributed by atoms with E-state index >= 15 is 0 Å². The van der Waals surface area contributed by atoms with Crippen molar-refractivity contribution in [2.45, 2.75) is 20.3 Å². The molecule has 34 heavy (non-hydrogen) atoms. The van der Waals surface area contributed by atoms with Crippen molar-refractivity contribution in [3.63, 3.8) is 0 Å². The van der Waals surface area contributed by atoms with Gasteiger partial charge in [-0.3, -0.25) is 14.9 Å². The molecular formula is C27H25N3O4. The molecule has 0 N–H and O–H groups in total. The van der Waals surface area contributed by atoms with Gasteiger partial charge < -0.3 is 9.75 Å². The van der Waals surface area contributed by atoms with Gasteiger partial charge in [-0.1, -0.05) is 54.1 Å². The van der Waals surface area contributed by atoms with Gasteiger partial charge in [-0.25, -0.2) is 0 Å². The van der Waals surface area contributed by atoms with Crippen molar-refractivity contribution >= 4 is 22.8 Å². The molecule has 0 aromatic heterocycles. The van der Waals surface area contributed by atoms with Crippen LogP contribution in [0.4, 0.5) is 5.69 Å². The lowest BCUT2D eigenvalue weighted by atomic mass is 9.91. The van der Waals surface area contributed by atoms with Gasteiger partial charge >= 0.3 is 0 Å². The first-order valence-electron chi connectivity index (χ1n) is 10.9. The Kier molecular flexibility index (Phi) is 6.27. The van der Waals surface area contributed by atoms with Crippen LogP contribution in [0.1, 0.15) is 46.0 Å². The minimum absolute atomic E-state index is 0.000861. The predicted octanol–water partition coefficient (Wildman–Crippen LogP) is 5.61. The molecule has 3 aromatic rings. The van der Waals surface area contributed by atoms with Crippen molar-refractivity contribution in [3.8, 4) is 5.75 Å². The fourth-order valence-corrected chi connectivity index (χ4v) is 3.91. The summed E-state index contributed by atoms with van der Waals surface area (Å²) in [5.74, 6) is 1.19. The topological polar surface area (TPSA) is 85.0 Å². The molecule has 0 radical (unpaired) electrons. The Morgan fingerprint density at radius 3 is 2.12 bits per heavy atom. The molecule has 1 aliphatic rings. The molecule has 172 valence electrons. The number of nitro groups is 1. The van der Waals surface area contributed by atoms with Gasteiger partial charge in [0.15, 0.2) is 5.78 Å². The smallest absolute Gasteiger partial charge is 0.270 e. The monoisotopic (exact) mass is 455 g/mol. The highest BCUT2D eigenvalue weighted by molar-refractivity contribution is 6.07. The molecule has 0 spiro atoms. The number of ketones is 1. The van der Waals surface area contributed by atoms with E-state index in [0.717, 1.165) is 22.3 Å². The Hall–Kier alpha value is -4.26. The molecule has 0 saturated heterocycles. The first-order valence-corrected chi connectivity index (χ1v) is 10.9. The third kappa shape index (κ3) is 4.73. The van der Waals surface area contributed by atoms with E-state index in [1.54, 1.807) is 30.1 Å². The van der Waals surface area contributed by atoms with Crippen LogP contribution in [-0.4, -0.2) is 35.5 Å². The summed E-state index contributed by atoms with van der Waals surface area (Å²) in [6.07, 6.45) is 0.351. The van der Waals surface area contributed by atoms with Crippen LogP contribution in [-0.2, 0) is 0 Å². The lowest BCUT2D eigenvalue weighted by Gasteiger charge is -2.25. The lowest BCUT2D eigenvalue weighted by molar-refractivity contribution is -0.384. The molecule has 7 nitrogen and oxygen atoms in total. The second kappa shape index (κ2) is 9.31. The van der Waals surface area contributed by atoms with Crippen LogP contribution in [0.25, 0.3) is 5.57 Å². The predicted molar refractivity (Wildman–Crippen MR) is 132 cm³/mol. The highest BCUT2D eigenvalue weighted by atomic mass is 16.6. The number of benzene rings is 3. The second-order valence-electron chi connectivity index (χ2n) is 8.41. The van der Waals surface area contributed by atoms with Crippen molar-refractivity contribution in [3.05, 3.63) is 110 Å². The summed E-state index contributed by atoms with van der Waals surface area (Å²) in [5, 5.41) is 17.6. The van der Waals surface area contributed by atoms with Crippen molar-refractivity contribution in [2.24, 2.45) is 5.10 Å². The third-order valence-corrected chi connectivity index (χ3v) is 5.57. The number of aryl methyl sites for hydroxylation is 1. The van der Waals surface area contributed by atoms with E-state index in [4.69, 9.17) is 4.74 Å². The van der Waals surface area contributed by atoms with Gasteiger partial charge in [0, 0.05) is 42.9 Å². The van der Waals surface area contributed by atoms with E-state index in [1.807, 2.05) is 57.4 Å². The molecular weight excluding hydrogens is 430 g/mol. The standard InChI is InChI=1S/C27H25N3O4/c1-17-5-7-20(8-6-17)27(21-11-9-19(10-12-21)18(2)31)26-16-24(28-29(3)4)23-15-22(30(32)33)13-14-25(23)34-26/h5-15H,16H2,1-4H3/b27-26+,28-24+. The van der Waals surface area contributed by atoms with E-state index < -0.39 is 4.92 Å². The summed E-state index contributed by atoms with van der Waals surface area (Å²) in [6, 6.07) is 20.1. The van der Waals surface area contributed by atoms with E-state index in [-0.39, 0.29) is 11.5 Å². The van der Waals surface area contributed by atoms with Crippen LogP contribution in [0.3, 0.4) is 0 Å². The second-order valence-corrected chi connectivity index (χ2v) is 8.41. The molecule has 0 amide bonds. The maximum Gasteiger partial charge on any atom is 0.270 e. The molecule has 0 saturated carbocycles. The number of allylic oxidation sites excluding steroid dienone is 1. The molecule has 0 fully saturated rings. The van der Waals surface area contributed by atoms with Crippen LogP contribution < -0.4 is 4.74 Å². The summed E-state index contributed by atoms with van der Waals surface area (Å²) in [4.78, 5) is 22.7. The summed E-state index contributed by atoms with van der Waals surface area (Å²) in [5.41, 5.74) is 5.78. The van der Waals surface area contributed by atoms with E-state index in [2.05, 4.69) is 5.10 Å². The Balaban J connectivity index is 1.93. The third-order valence-electron chi connectivity index (χ3n) is 5.57. The number of rotatable bonds is 5. The van der Waals surface area contributed by atoms with Gasteiger partial charge in [0.05, 0.1) is 17.1 Å². The van der Waals surface area contributed by atoms with Gasteiger partial charge in [-0.15, -0.1) is 0 Å². The minimum Gasteiger partial charge on any atom is -0.460 e. The Bertz CT molecular complexity index is 1320. The van der Waals surface area contributed by atoms with Gasteiger partial charge in [0.25, 0.3) is 5.69 Å². The van der Waals surface area contributed by atoms with Gasteiger partial charge in [0.1, 0.15) is 11.5 Å². The number of ether oxygens (including phenoxy) is 1. The molecule has 0 unspecified atom stereocenters. The number of nitro benzene ring substituents is 1. The van der Waals surface area contributed by atoms with Gasteiger partial charge in [0.2, 0.25) is 0 Å². The van der Waals surface area contributed by atoms with Crippen LogP contribution in [0, 0.1) is 17.0 Å². The Morgan fingerprint density at radius 2 is 1.56 bits per heavy atom. The number of hydrogen-bond donors (Lipinski definition) is 0. The lowest BCUT2D eigenvalue weighted by Crippen LogP contribution is -2.20. The molecule has 3 aromatic carbocycles. The van der Waals surface area contributed by atoms with Gasteiger partial charge in [-0.2, -0.15) is 5.10 Å². The van der Waals surface area contributed by atoms with E-state index in [0.29, 0.717) is 34.8 Å². The zero-order chi connectivity index (χ0) is 24.4. The molecule has 0 bridgehead atoms. The number of non-ortho nitro benzene ring substituents is 1. The van der Waals surface area contributed by atoms with Crippen molar-refractivity contribution < 1.29 is 14.5 Å². The van der Waals surface area contributed by atoms with Crippen LogP contribution in [0.2, 0.25) is 0 Å². The number of carbonyl (C=O) groups excluding carboxylic acids is 1. The zero-order valence-corrected chi connectivity index (χ0v) is 19.5. The zero-order valence-electron chi connectivity index (χ0n) is 19.5. The maximum atomic E-state index is 11.8. The summed E-state index contributed by atoms with van der Waals surface area (Å²) >= 11 is 0. The number of Topliss-reactive ketones (excluding diaryl/α,β-unsaturated/α-hetero) is 1. The molecule has 0 atom stereocenters. The number of carbonyl (C=O) groups is 1. The SMILES string of the molecule is CC(=O)c1ccc(/C(=C2\C/C(=N\N(C)C)c3cc([N+](=O)[O-])ccc3O2)c2ccc(C)cc2)cc1. The summed E-state index contributed by atoms with van der Waals surface area (Å²) < 4.78 is 6.35. The average Bonchev–Trinajstić information content (AvgIpc) is 2.80. The van der Waals surface area contributed by atoms with Crippen molar-refractivity contribution in [2.75, 3.05) is 14.1 Å². The largest absolute Gasteiger partial charge is 0.460 e. The number of fused-ring (bicyclic) bond motifs is 1. The molecule has 4 rings (SSSR count). The normalized spacial score (nSPS) is 15.4. The summed E-state index contributed by atoms with van der Waals surface area (Å²) in [7, 11) is 3.62. The fraction of sp³-hybridized carbons (Fsp3) is 0.185. The number of hydrogen-bond acceptors (Lipinski definition) is 6. The first kappa shape index (κ1) is 22.9. The first-order chi connectivity index (χ1) is 16.2.